The van der Waals surface area contributed by atoms with E-state index in [-0.39, 0.29) is 5.78 Å². The molecule has 1 fully saturated rings. The maximum absolute atomic E-state index is 15.0. The van der Waals surface area contributed by atoms with Crippen LogP contribution in [0.3, 0.4) is 0 Å². The number of benzene rings is 2. The number of nitrogens with two attached hydrogens (primary N) is 1. The van der Waals surface area contributed by atoms with E-state index in [0.29, 0.717) is 58.1 Å². The minimum atomic E-state index is -0.476. The summed E-state index contributed by atoms with van der Waals surface area (Å²) in [5.41, 5.74) is 13.2. The number of unbranched alkanes of at least 4 members (excludes halogenated alkanes) is 1. The fourth-order valence-electron chi connectivity index (χ4n) is 6.92. The molecule has 0 saturated carbocycles. The third kappa shape index (κ3) is 6.05. The van der Waals surface area contributed by atoms with Crippen molar-refractivity contribution in [1.82, 2.24) is 10.2 Å². The Kier molecular flexibility index (Phi) is 10.2. The normalized spacial score (nSPS) is 19.1. The highest BCUT2D eigenvalue weighted by Crippen LogP contribution is 2.46. The molecule has 9 heteroatoms. The van der Waals surface area contributed by atoms with Crippen molar-refractivity contribution in [2.75, 3.05) is 12.3 Å². The van der Waals surface area contributed by atoms with Crippen LogP contribution in [0.4, 0.5) is 9.39 Å². The smallest absolute Gasteiger partial charge is 0.154 e. The van der Waals surface area contributed by atoms with Gasteiger partial charge in [-0.25, -0.2) is 4.39 Å². The fraction of sp³-hybridized carbons (Fsp3) is 0.486. The first kappa shape index (κ1) is 33.6. The lowest BCUT2D eigenvalue weighted by atomic mass is 9.84. The van der Waals surface area contributed by atoms with Crippen LogP contribution in [0.1, 0.15) is 100 Å². The van der Waals surface area contributed by atoms with E-state index in [1.807, 2.05) is 0 Å². The first-order valence-corrected chi connectivity index (χ1v) is 17.3. The van der Waals surface area contributed by atoms with Gasteiger partial charge in [-0.3, -0.25) is 9.79 Å². The molecule has 3 aromatic rings. The zero-order valence-corrected chi connectivity index (χ0v) is 29.0. The Hall–Kier alpha value is -3.74. The summed E-state index contributed by atoms with van der Waals surface area (Å²) < 4.78 is 21.6. The van der Waals surface area contributed by atoms with Crippen LogP contribution >= 0.6 is 11.3 Å². The molecule has 5 rings (SSSR count). The van der Waals surface area contributed by atoms with Crippen LogP contribution in [0.25, 0.3) is 21.2 Å². The molecule has 2 aliphatic rings. The number of halogens is 1. The Bertz CT molecular complexity index is 1770. The van der Waals surface area contributed by atoms with Crippen LogP contribution in [0, 0.1) is 36.9 Å². The second-order valence-corrected chi connectivity index (χ2v) is 13.9. The van der Waals surface area contributed by atoms with Gasteiger partial charge in [-0.2, -0.15) is 5.26 Å². The summed E-state index contributed by atoms with van der Waals surface area (Å²) in [6.07, 6.45) is 6.81. The van der Waals surface area contributed by atoms with Crippen molar-refractivity contribution in [2.24, 2.45) is 10.9 Å². The minimum Gasteiger partial charge on any atom is -0.389 e. The Morgan fingerprint density at radius 1 is 1.24 bits per heavy atom. The van der Waals surface area contributed by atoms with Crippen molar-refractivity contribution >= 4 is 38.0 Å². The Labute approximate surface area is 276 Å². The maximum Gasteiger partial charge on any atom is 0.154 e. The molecule has 3 unspecified atom stereocenters. The van der Waals surface area contributed by atoms with Crippen molar-refractivity contribution < 1.29 is 13.9 Å². The summed E-state index contributed by atoms with van der Waals surface area (Å²) in [5, 5.41) is 14.6. The van der Waals surface area contributed by atoms with Gasteiger partial charge in [0, 0.05) is 23.5 Å². The predicted molar refractivity (Wildman–Crippen MR) is 186 cm³/mol. The average molecular weight is 644 g/mol. The predicted octanol–water partition coefficient (Wildman–Crippen LogP) is 8.27. The first-order chi connectivity index (χ1) is 22.0. The third-order valence-electron chi connectivity index (χ3n) is 9.85. The van der Waals surface area contributed by atoms with Crippen LogP contribution in [-0.2, 0) is 22.7 Å². The molecule has 3 atom stereocenters. The zero-order chi connectivity index (χ0) is 33.3. The van der Waals surface area contributed by atoms with Crippen molar-refractivity contribution in [1.29, 1.82) is 5.26 Å². The van der Waals surface area contributed by atoms with E-state index in [9.17, 15) is 10.1 Å². The quantitative estimate of drug-likeness (QED) is 0.170. The lowest BCUT2D eigenvalue weighted by Crippen LogP contribution is -2.40. The van der Waals surface area contributed by atoms with Crippen molar-refractivity contribution in [2.45, 2.75) is 106 Å². The van der Waals surface area contributed by atoms with Crippen molar-refractivity contribution in [3.05, 3.63) is 63.2 Å². The third-order valence-corrected chi connectivity index (χ3v) is 10.9. The van der Waals surface area contributed by atoms with Gasteiger partial charge in [0.15, 0.2) is 5.78 Å². The SMILES string of the molecule is CCC/C=C(/NC(=NC(CCC)C(C)=O)c1c(C)c(C)c(-c2ccc(F)c3sc(N)c(C#N)c23)c2c1COC2)N1CCC(C)C1C. The van der Waals surface area contributed by atoms with Gasteiger partial charge in [-0.05, 0) is 98.4 Å². The van der Waals surface area contributed by atoms with Gasteiger partial charge < -0.3 is 20.7 Å². The molecule has 46 heavy (non-hydrogen) atoms. The van der Waals surface area contributed by atoms with Gasteiger partial charge in [0.2, 0.25) is 0 Å². The molecular weight excluding hydrogens is 598 g/mol. The number of Topliss-reactive ketones (excluding diaryl/α,β-unsaturated/α-hetero) is 1. The number of likely N-dealkylation sites (tertiary alicyclic amines) is 1. The maximum atomic E-state index is 15.0. The van der Waals surface area contributed by atoms with E-state index in [0.717, 1.165) is 88.3 Å². The monoisotopic (exact) mass is 643 g/mol. The molecular formula is C37H46FN5O2S. The van der Waals surface area contributed by atoms with Gasteiger partial charge >= 0.3 is 0 Å². The van der Waals surface area contributed by atoms with E-state index >= 15 is 4.39 Å². The number of nitriles is 1. The molecule has 3 heterocycles. The summed E-state index contributed by atoms with van der Waals surface area (Å²) >= 11 is 1.11. The van der Waals surface area contributed by atoms with Crippen molar-refractivity contribution in [3.63, 3.8) is 0 Å². The zero-order valence-electron chi connectivity index (χ0n) is 28.1. The van der Waals surface area contributed by atoms with Crippen LogP contribution in [0.2, 0.25) is 0 Å². The number of allylic oxidation sites excluding steroid dienone is 1. The van der Waals surface area contributed by atoms with Gasteiger partial charge in [0.1, 0.15) is 34.6 Å². The number of anilines is 1. The Morgan fingerprint density at radius 3 is 2.61 bits per heavy atom. The number of hydrogen-bond acceptors (Lipinski definition) is 7. The van der Waals surface area contributed by atoms with E-state index < -0.39 is 11.9 Å². The number of ether oxygens (including phenoxy) is 1. The number of carbonyl (C=O) groups is 1. The van der Waals surface area contributed by atoms with Crippen LogP contribution in [0.15, 0.2) is 29.0 Å². The van der Waals surface area contributed by atoms with E-state index in [2.05, 4.69) is 63.9 Å². The van der Waals surface area contributed by atoms with Gasteiger partial charge in [0.05, 0.1) is 23.5 Å². The number of fused-ring (bicyclic) bond motifs is 2. The van der Waals surface area contributed by atoms with Crippen LogP contribution in [0.5, 0.6) is 0 Å². The first-order valence-electron chi connectivity index (χ1n) is 16.5. The number of nitrogens with one attached hydrogen (secondary N) is 1. The molecule has 1 aromatic heterocycles. The number of hydrogen-bond donors (Lipinski definition) is 2. The van der Waals surface area contributed by atoms with Gasteiger partial charge in [0.25, 0.3) is 0 Å². The van der Waals surface area contributed by atoms with E-state index in [1.165, 1.54) is 6.07 Å². The van der Waals surface area contributed by atoms with E-state index in [1.54, 1.807) is 13.0 Å². The summed E-state index contributed by atoms with van der Waals surface area (Å²) in [5.74, 6) is 1.92. The second kappa shape index (κ2) is 13.9. The molecule has 2 aliphatic heterocycles. The number of nitrogen functional groups attached to an aromatic ring is 1. The van der Waals surface area contributed by atoms with Crippen LogP contribution < -0.4 is 11.1 Å². The number of aliphatic imine (C=N–C) groups is 1. The Balaban J connectivity index is 1.76. The molecule has 244 valence electrons. The number of thiophene rings is 1. The lowest BCUT2D eigenvalue weighted by molar-refractivity contribution is -0.118. The molecule has 0 aliphatic carbocycles. The molecule has 1 saturated heterocycles. The highest BCUT2D eigenvalue weighted by atomic mass is 32.1. The number of carbonyl (C=O) groups excluding carboxylic acids is 1. The lowest BCUT2D eigenvalue weighted by Gasteiger charge is -2.31. The van der Waals surface area contributed by atoms with Gasteiger partial charge in [-0.15, -0.1) is 11.3 Å². The molecule has 7 nitrogen and oxygen atoms in total. The Morgan fingerprint density at radius 2 is 1.98 bits per heavy atom. The summed E-state index contributed by atoms with van der Waals surface area (Å²) in [6, 6.07) is 5.32. The number of ketones is 1. The topological polar surface area (TPSA) is 104 Å². The largest absolute Gasteiger partial charge is 0.389 e. The number of rotatable bonds is 10. The molecule has 0 bridgehead atoms. The minimum absolute atomic E-state index is 0.0371. The molecule has 0 spiro atoms. The summed E-state index contributed by atoms with van der Waals surface area (Å²) in [6.45, 7) is 16.3. The van der Waals surface area contributed by atoms with Gasteiger partial charge in [-0.1, -0.05) is 39.7 Å². The summed E-state index contributed by atoms with van der Waals surface area (Å²) in [4.78, 5) is 20.5. The average Bonchev–Trinajstić information content (AvgIpc) is 3.73. The molecule has 3 N–H and O–H groups in total. The highest BCUT2D eigenvalue weighted by molar-refractivity contribution is 7.23. The standard InChI is InChI=1S/C37H46FN5O2S/c1-8-10-12-31(43-16-15-20(3)23(43)6)42-37(41-30(11-9-2)24(7)44)33-22(5)21(4)32(27-18-45-19-28(27)33)25-13-14-29(38)35-34(25)26(17-39)36(40)46-35/h12-14,20,23,30H,8-11,15-16,18-19,40H2,1-7H3,(H,41,42)/b31-12-. The number of amidine groups is 1. The van der Waals surface area contributed by atoms with Crippen LogP contribution in [-0.4, -0.2) is 35.1 Å². The molecule has 0 amide bonds. The summed E-state index contributed by atoms with van der Waals surface area (Å²) in [7, 11) is 0. The highest BCUT2D eigenvalue weighted by Gasteiger charge is 2.33. The molecule has 2 aromatic carbocycles. The van der Waals surface area contributed by atoms with Crippen molar-refractivity contribution in [3.8, 4) is 17.2 Å². The molecule has 0 radical (unpaired) electrons. The fourth-order valence-corrected chi connectivity index (χ4v) is 7.87. The number of nitrogens with zero attached hydrogens (tertiary/aromatic N) is 3. The van der Waals surface area contributed by atoms with E-state index in [4.69, 9.17) is 15.5 Å². The second-order valence-electron chi connectivity index (χ2n) is 12.8.